The largest absolute Gasteiger partial charge is 0.360 e. The molecule has 114 valence electrons. The number of hydrogen-bond donors (Lipinski definition) is 1. The van der Waals surface area contributed by atoms with Crippen LogP contribution in [0.3, 0.4) is 0 Å². The Labute approximate surface area is 130 Å². The topological polar surface area (TPSA) is 41.3 Å². The van der Waals surface area contributed by atoms with Gasteiger partial charge in [-0.2, -0.15) is 0 Å². The maximum atomic E-state index is 5.49. The van der Waals surface area contributed by atoms with Crippen LogP contribution in [0, 0.1) is 0 Å². The molecule has 0 saturated heterocycles. The zero-order valence-electron chi connectivity index (χ0n) is 12.5. The normalized spacial score (nSPS) is 15.0. The Morgan fingerprint density at radius 1 is 1.43 bits per heavy atom. The minimum absolute atomic E-state index is 0.721. The first-order valence-corrected chi connectivity index (χ1v) is 8.64. The van der Waals surface area contributed by atoms with Crippen molar-refractivity contribution in [3.05, 3.63) is 39.9 Å². The molecule has 2 aromatic heterocycles. The highest BCUT2D eigenvalue weighted by molar-refractivity contribution is 7.09. The van der Waals surface area contributed by atoms with Crippen LogP contribution in [-0.4, -0.2) is 22.6 Å². The minimum Gasteiger partial charge on any atom is -0.360 e. The first kappa shape index (κ1) is 14.8. The van der Waals surface area contributed by atoms with Crippen molar-refractivity contribution >= 4 is 11.3 Å². The maximum Gasteiger partial charge on any atom is 0.151 e. The van der Waals surface area contributed by atoms with Crippen molar-refractivity contribution in [1.29, 1.82) is 0 Å². The molecule has 0 bridgehead atoms. The van der Waals surface area contributed by atoms with Gasteiger partial charge in [0.2, 0.25) is 0 Å². The molecule has 0 radical (unpaired) electrons. The molecule has 21 heavy (non-hydrogen) atoms. The first-order chi connectivity index (χ1) is 10.3. The quantitative estimate of drug-likeness (QED) is 0.721. The van der Waals surface area contributed by atoms with E-state index in [4.69, 9.17) is 4.52 Å². The molecule has 1 aliphatic rings. The lowest BCUT2D eigenvalue weighted by Crippen LogP contribution is -2.24. The van der Waals surface area contributed by atoms with Crippen LogP contribution in [0.4, 0.5) is 0 Å². The molecule has 0 amide bonds. The van der Waals surface area contributed by atoms with Gasteiger partial charge in [0.1, 0.15) is 0 Å². The Kier molecular flexibility index (Phi) is 5.06. The van der Waals surface area contributed by atoms with Gasteiger partial charge in [-0.3, -0.25) is 4.90 Å². The molecule has 5 heteroatoms. The molecule has 1 saturated carbocycles. The zero-order chi connectivity index (χ0) is 14.5. The molecule has 0 aromatic carbocycles. The number of nitrogens with zero attached hydrogens (tertiary/aromatic N) is 2. The predicted molar refractivity (Wildman–Crippen MR) is 85.1 cm³/mol. The molecule has 1 fully saturated rings. The third-order valence-corrected chi connectivity index (χ3v) is 4.56. The number of aromatic nitrogens is 1. The van der Waals surface area contributed by atoms with Crippen molar-refractivity contribution in [2.24, 2.45) is 0 Å². The van der Waals surface area contributed by atoms with Crippen molar-refractivity contribution in [2.45, 2.75) is 51.9 Å². The summed E-state index contributed by atoms with van der Waals surface area (Å²) in [4.78, 5) is 3.93. The van der Waals surface area contributed by atoms with Crippen LogP contribution in [-0.2, 0) is 19.6 Å². The standard InChI is InChI=1S/C16H23N3OS/c1-2-7-17-10-13-9-15(20-18-13)11-19(14-5-6-14)12-16-4-3-8-21-16/h3-4,8-9,14,17H,2,5-7,10-12H2,1H3. The van der Waals surface area contributed by atoms with Crippen LogP contribution in [0.25, 0.3) is 0 Å². The number of thiophene rings is 1. The maximum absolute atomic E-state index is 5.49. The summed E-state index contributed by atoms with van der Waals surface area (Å²) in [6.07, 6.45) is 3.76. The number of rotatable bonds is 9. The summed E-state index contributed by atoms with van der Waals surface area (Å²) in [6, 6.07) is 7.14. The Morgan fingerprint density at radius 3 is 3.05 bits per heavy atom. The summed E-state index contributed by atoms with van der Waals surface area (Å²) in [5, 5.41) is 9.66. The Hall–Kier alpha value is -1.17. The van der Waals surface area contributed by atoms with Gasteiger partial charge in [-0.15, -0.1) is 11.3 Å². The van der Waals surface area contributed by atoms with Crippen LogP contribution in [0.15, 0.2) is 28.1 Å². The molecular formula is C16H23N3OS. The third kappa shape index (κ3) is 4.40. The fraction of sp³-hybridized carbons (Fsp3) is 0.562. The van der Waals surface area contributed by atoms with Gasteiger partial charge >= 0.3 is 0 Å². The summed E-state index contributed by atoms with van der Waals surface area (Å²) < 4.78 is 5.49. The van der Waals surface area contributed by atoms with Crippen molar-refractivity contribution in [2.75, 3.05) is 6.54 Å². The summed E-state index contributed by atoms with van der Waals surface area (Å²) in [5.74, 6) is 0.978. The van der Waals surface area contributed by atoms with Crippen molar-refractivity contribution < 1.29 is 4.52 Å². The molecule has 1 aliphatic carbocycles. The van der Waals surface area contributed by atoms with E-state index in [0.29, 0.717) is 0 Å². The van der Waals surface area contributed by atoms with Gasteiger partial charge in [0.15, 0.2) is 5.76 Å². The average molecular weight is 305 g/mol. The minimum atomic E-state index is 0.721. The highest BCUT2D eigenvalue weighted by atomic mass is 32.1. The third-order valence-electron chi connectivity index (χ3n) is 3.70. The van der Waals surface area contributed by atoms with E-state index in [1.807, 2.05) is 11.3 Å². The predicted octanol–water partition coefficient (Wildman–Crippen LogP) is 3.40. The summed E-state index contributed by atoms with van der Waals surface area (Å²) in [5.41, 5.74) is 1.00. The highest BCUT2D eigenvalue weighted by Gasteiger charge is 2.30. The van der Waals surface area contributed by atoms with Crippen LogP contribution in [0.5, 0.6) is 0 Å². The van der Waals surface area contributed by atoms with Crippen LogP contribution < -0.4 is 5.32 Å². The van der Waals surface area contributed by atoms with Crippen molar-refractivity contribution in [3.63, 3.8) is 0 Å². The summed E-state index contributed by atoms with van der Waals surface area (Å²) >= 11 is 1.83. The van der Waals surface area contributed by atoms with Crippen LogP contribution in [0.2, 0.25) is 0 Å². The lowest BCUT2D eigenvalue weighted by molar-refractivity contribution is 0.215. The molecule has 0 atom stereocenters. The van der Waals surface area contributed by atoms with Crippen LogP contribution >= 0.6 is 11.3 Å². The van der Waals surface area contributed by atoms with E-state index in [1.165, 1.54) is 17.7 Å². The molecule has 0 spiro atoms. The summed E-state index contributed by atoms with van der Waals surface area (Å²) in [6.45, 7) is 5.87. The van der Waals surface area contributed by atoms with Crippen molar-refractivity contribution in [3.8, 4) is 0 Å². The lowest BCUT2D eigenvalue weighted by Gasteiger charge is -2.19. The molecule has 3 rings (SSSR count). The van der Waals surface area contributed by atoms with E-state index >= 15 is 0 Å². The second-order valence-corrected chi connectivity index (χ2v) is 6.71. The number of hydrogen-bond acceptors (Lipinski definition) is 5. The SMILES string of the molecule is CCCNCc1cc(CN(Cc2cccs2)C2CC2)on1. The molecule has 0 aliphatic heterocycles. The first-order valence-electron chi connectivity index (χ1n) is 7.76. The van der Waals surface area contributed by atoms with E-state index in [1.54, 1.807) is 0 Å². The smallest absolute Gasteiger partial charge is 0.151 e. The van der Waals surface area contributed by atoms with Crippen molar-refractivity contribution in [1.82, 2.24) is 15.4 Å². The fourth-order valence-corrected chi connectivity index (χ4v) is 3.19. The van der Waals surface area contributed by atoms with Gasteiger partial charge < -0.3 is 9.84 Å². The second-order valence-electron chi connectivity index (χ2n) is 5.68. The molecule has 4 nitrogen and oxygen atoms in total. The Morgan fingerprint density at radius 2 is 2.33 bits per heavy atom. The number of nitrogens with one attached hydrogen (secondary N) is 1. The highest BCUT2D eigenvalue weighted by Crippen LogP contribution is 2.30. The lowest BCUT2D eigenvalue weighted by atomic mass is 10.3. The zero-order valence-corrected chi connectivity index (χ0v) is 13.4. The van der Waals surface area contributed by atoms with Gasteiger partial charge in [-0.1, -0.05) is 18.1 Å². The molecule has 1 N–H and O–H groups in total. The Balaban J connectivity index is 1.55. The fourth-order valence-electron chi connectivity index (χ4n) is 2.46. The van der Waals surface area contributed by atoms with Crippen LogP contribution in [0.1, 0.15) is 42.5 Å². The second kappa shape index (κ2) is 7.20. The van der Waals surface area contributed by atoms with Gasteiger partial charge in [0, 0.05) is 30.1 Å². The average Bonchev–Trinajstić information content (AvgIpc) is 3.03. The molecular weight excluding hydrogens is 282 g/mol. The van der Waals surface area contributed by atoms with Gasteiger partial charge in [-0.05, 0) is 37.3 Å². The van der Waals surface area contributed by atoms with Gasteiger partial charge in [-0.25, -0.2) is 0 Å². The Bertz CT molecular complexity index is 533. The monoisotopic (exact) mass is 305 g/mol. The molecule has 2 heterocycles. The van der Waals surface area contributed by atoms with E-state index in [2.05, 4.69) is 45.9 Å². The molecule has 2 aromatic rings. The van der Waals surface area contributed by atoms with E-state index in [9.17, 15) is 0 Å². The van der Waals surface area contributed by atoms with E-state index < -0.39 is 0 Å². The van der Waals surface area contributed by atoms with Gasteiger partial charge in [0.05, 0.1) is 12.2 Å². The van der Waals surface area contributed by atoms with Gasteiger partial charge in [0.25, 0.3) is 0 Å². The van der Waals surface area contributed by atoms with E-state index in [0.717, 1.165) is 50.1 Å². The van der Waals surface area contributed by atoms with E-state index in [-0.39, 0.29) is 0 Å². The summed E-state index contributed by atoms with van der Waals surface area (Å²) in [7, 11) is 0. The molecule has 0 unspecified atom stereocenters.